The van der Waals surface area contributed by atoms with Crippen molar-refractivity contribution in [2.75, 3.05) is 13.2 Å². The standard InChI is InChI=1S/C11H26O2Si/c1-7-11(4)9-13-14(5,6)12-8-10(2)3/h10-11H,7-9H2,1-6H3. The summed E-state index contributed by atoms with van der Waals surface area (Å²) in [7, 11) is -1.85. The molecule has 0 saturated carbocycles. The van der Waals surface area contributed by atoms with Gasteiger partial charge in [0, 0.05) is 13.2 Å². The third kappa shape index (κ3) is 7.53. The van der Waals surface area contributed by atoms with Gasteiger partial charge in [0.05, 0.1) is 0 Å². The molecule has 3 heteroatoms. The summed E-state index contributed by atoms with van der Waals surface area (Å²) in [5.74, 6) is 1.23. The maximum absolute atomic E-state index is 5.85. The predicted molar refractivity (Wildman–Crippen MR) is 63.7 cm³/mol. The number of hydrogen-bond acceptors (Lipinski definition) is 2. The van der Waals surface area contributed by atoms with Crippen molar-refractivity contribution in [1.82, 2.24) is 0 Å². The molecule has 0 aromatic carbocycles. The summed E-state index contributed by atoms with van der Waals surface area (Å²) in [6, 6.07) is 0. The second-order valence-corrected chi connectivity index (χ2v) is 8.31. The van der Waals surface area contributed by atoms with Crippen LogP contribution in [0.2, 0.25) is 13.1 Å². The Balaban J connectivity index is 3.71. The second-order valence-electron chi connectivity index (χ2n) is 4.93. The van der Waals surface area contributed by atoms with Crippen molar-refractivity contribution < 1.29 is 8.85 Å². The lowest BCUT2D eigenvalue weighted by atomic mass is 10.1. The smallest absolute Gasteiger partial charge is 0.331 e. The fourth-order valence-electron chi connectivity index (χ4n) is 0.870. The largest absolute Gasteiger partial charge is 0.394 e. The van der Waals surface area contributed by atoms with E-state index in [9.17, 15) is 0 Å². The summed E-state index contributed by atoms with van der Waals surface area (Å²) in [5, 5.41) is 0. The first-order valence-electron chi connectivity index (χ1n) is 5.65. The Bertz CT molecular complexity index is 146. The van der Waals surface area contributed by atoms with Gasteiger partial charge in [0.25, 0.3) is 0 Å². The summed E-state index contributed by atoms with van der Waals surface area (Å²) in [5.41, 5.74) is 0. The third-order valence-corrected chi connectivity index (χ3v) is 3.90. The van der Waals surface area contributed by atoms with Crippen LogP contribution in [0.15, 0.2) is 0 Å². The Kier molecular flexibility index (Phi) is 6.65. The summed E-state index contributed by atoms with van der Waals surface area (Å²) >= 11 is 0. The highest BCUT2D eigenvalue weighted by Gasteiger charge is 2.25. The first-order valence-corrected chi connectivity index (χ1v) is 8.47. The van der Waals surface area contributed by atoms with Crippen molar-refractivity contribution in [3.8, 4) is 0 Å². The summed E-state index contributed by atoms with van der Waals surface area (Å²) in [6.45, 7) is 14.6. The topological polar surface area (TPSA) is 18.5 Å². The highest BCUT2D eigenvalue weighted by atomic mass is 28.4. The zero-order chi connectivity index (χ0) is 11.2. The van der Waals surface area contributed by atoms with E-state index in [-0.39, 0.29) is 0 Å². The van der Waals surface area contributed by atoms with E-state index >= 15 is 0 Å². The molecular weight excluding hydrogens is 192 g/mol. The number of rotatable bonds is 7. The van der Waals surface area contributed by atoms with Gasteiger partial charge >= 0.3 is 8.56 Å². The minimum atomic E-state index is -1.85. The molecule has 0 spiro atoms. The van der Waals surface area contributed by atoms with Gasteiger partial charge in [-0.3, -0.25) is 0 Å². The fourth-order valence-corrected chi connectivity index (χ4v) is 2.37. The van der Waals surface area contributed by atoms with Crippen LogP contribution in [0.5, 0.6) is 0 Å². The average Bonchev–Trinajstić information content (AvgIpc) is 2.11. The maximum Gasteiger partial charge on any atom is 0.331 e. The van der Waals surface area contributed by atoms with Gasteiger partial charge in [-0.1, -0.05) is 34.1 Å². The molecular formula is C11H26O2Si. The van der Waals surface area contributed by atoms with Gasteiger partial charge in [-0.05, 0) is 24.9 Å². The van der Waals surface area contributed by atoms with Crippen molar-refractivity contribution in [2.24, 2.45) is 11.8 Å². The van der Waals surface area contributed by atoms with Crippen LogP contribution in [0.4, 0.5) is 0 Å². The van der Waals surface area contributed by atoms with Crippen LogP contribution in [-0.2, 0) is 8.85 Å². The minimum absolute atomic E-state index is 0.592. The Morgan fingerprint density at radius 3 is 1.93 bits per heavy atom. The Labute approximate surface area is 90.2 Å². The first-order chi connectivity index (χ1) is 6.37. The summed E-state index contributed by atoms with van der Waals surface area (Å²) in [6.07, 6.45) is 1.18. The van der Waals surface area contributed by atoms with E-state index in [0.29, 0.717) is 11.8 Å². The van der Waals surface area contributed by atoms with Crippen LogP contribution in [-0.4, -0.2) is 21.8 Å². The zero-order valence-electron chi connectivity index (χ0n) is 10.6. The van der Waals surface area contributed by atoms with Crippen molar-refractivity contribution in [3.63, 3.8) is 0 Å². The fraction of sp³-hybridized carbons (Fsp3) is 1.00. The molecule has 0 rings (SSSR count). The van der Waals surface area contributed by atoms with Gasteiger partial charge in [0.2, 0.25) is 0 Å². The van der Waals surface area contributed by atoms with Crippen LogP contribution < -0.4 is 0 Å². The lowest BCUT2D eigenvalue weighted by molar-refractivity contribution is 0.143. The van der Waals surface area contributed by atoms with E-state index in [2.05, 4.69) is 40.8 Å². The molecule has 14 heavy (non-hydrogen) atoms. The first kappa shape index (κ1) is 14.1. The highest BCUT2D eigenvalue weighted by Crippen LogP contribution is 2.12. The molecule has 0 aliphatic rings. The molecule has 86 valence electrons. The molecule has 1 atom stereocenters. The Hall–Kier alpha value is 0.137. The molecule has 0 aromatic heterocycles. The molecule has 0 aromatic rings. The Morgan fingerprint density at radius 2 is 1.50 bits per heavy atom. The van der Waals surface area contributed by atoms with Crippen molar-refractivity contribution in [3.05, 3.63) is 0 Å². The van der Waals surface area contributed by atoms with E-state index in [1.807, 2.05) is 0 Å². The van der Waals surface area contributed by atoms with Crippen LogP contribution in [0.25, 0.3) is 0 Å². The lowest BCUT2D eigenvalue weighted by Crippen LogP contribution is -2.37. The van der Waals surface area contributed by atoms with E-state index < -0.39 is 8.56 Å². The van der Waals surface area contributed by atoms with Crippen molar-refractivity contribution in [2.45, 2.75) is 47.2 Å². The molecule has 0 amide bonds. The second kappa shape index (κ2) is 6.59. The summed E-state index contributed by atoms with van der Waals surface area (Å²) in [4.78, 5) is 0. The van der Waals surface area contributed by atoms with Crippen molar-refractivity contribution >= 4 is 8.56 Å². The molecule has 0 radical (unpaired) electrons. The zero-order valence-corrected chi connectivity index (χ0v) is 11.6. The van der Waals surface area contributed by atoms with Crippen LogP contribution in [0.3, 0.4) is 0 Å². The molecule has 1 unspecified atom stereocenters. The summed E-state index contributed by atoms with van der Waals surface area (Å²) < 4.78 is 11.7. The average molecular weight is 218 g/mol. The van der Waals surface area contributed by atoms with Gasteiger partial charge in [-0.15, -0.1) is 0 Å². The molecule has 0 bridgehead atoms. The van der Waals surface area contributed by atoms with Gasteiger partial charge in [0.1, 0.15) is 0 Å². The van der Waals surface area contributed by atoms with Gasteiger partial charge in [0.15, 0.2) is 0 Å². The van der Waals surface area contributed by atoms with Crippen molar-refractivity contribution in [1.29, 1.82) is 0 Å². The molecule has 0 heterocycles. The lowest BCUT2D eigenvalue weighted by Gasteiger charge is -2.25. The maximum atomic E-state index is 5.85. The van der Waals surface area contributed by atoms with E-state index in [1.165, 1.54) is 6.42 Å². The van der Waals surface area contributed by atoms with Crippen LogP contribution in [0, 0.1) is 11.8 Å². The van der Waals surface area contributed by atoms with Crippen LogP contribution in [0.1, 0.15) is 34.1 Å². The monoisotopic (exact) mass is 218 g/mol. The highest BCUT2D eigenvalue weighted by molar-refractivity contribution is 6.64. The van der Waals surface area contributed by atoms with Crippen LogP contribution >= 0.6 is 0 Å². The molecule has 0 aliphatic carbocycles. The SMILES string of the molecule is CCC(C)CO[Si](C)(C)OCC(C)C. The molecule has 0 aliphatic heterocycles. The van der Waals surface area contributed by atoms with Gasteiger partial charge in [-0.25, -0.2) is 0 Å². The van der Waals surface area contributed by atoms with Gasteiger partial charge < -0.3 is 8.85 Å². The third-order valence-electron chi connectivity index (χ3n) is 2.18. The molecule has 0 fully saturated rings. The van der Waals surface area contributed by atoms with E-state index in [4.69, 9.17) is 8.85 Å². The van der Waals surface area contributed by atoms with Gasteiger partial charge in [-0.2, -0.15) is 0 Å². The minimum Gasteiger partial charge on any atom is -0.394 e. The predicted octanol–water partition coefficient (Wildman–Crippen LogP) is 3.42. The molecule has 2 nitrogen and oxygen atoms in total. The number of hydrogen-bond donors (Lipinski definition) is 0. The Morgan fingerprint density at radius 1 is 1.00 bits per heavy atom. The molecule has 0 saturated heterocycles. The van der Waals surface area contributed by atoms with E-state index in [0.717, 1.165) is 13.2 Å². The quantitative estimate of drug-likeness (QED) is 0.610. The van der Waals surface area contributed by atoms with E-state index in [1.54, 1.807) is 0 Å². The molecule has 0 N–H and O–H groups in total. The normalized spacial score (nSPS) is 14.8.